The van der Waals surface area contributed by atoms with Crippen molar-refractivity contribution in [3.63, 3.8) is 0 Å². The highest BCUT2D eigenvalue weighted by Crippen LogP contribution is 2.14. The van der Waals surface area contributed by atoms with E-state index in [1.165, 1.54) is 13.3 Å². The van der Waals surface area contributed by atoms with Crippen molar-refractivity contribution < 1.29 is 14.3 Å². The van der Waals surface area contributed by atoms with Gasteiger partial charge in [0.25, 0.3) is 0 Å². The maximum Gasteiger partial charge on any atom is 0.340 e. The Morgan fingerprint density at radius 2 is 1.83 bits per heavy atom. The summed E-state index contributed by atoms with van der Waals surface area (Å²) in [5, 5.41) is 8.12. The third-order valence-corrected chi connectivity index (χ3v) is 3.56. The molecule has 0 amide bonds. The molecule has 0 unspecified atom stereocenters. The Morgan fingerprint density at radius 3 is 2.57 bits per heavy atom. The molecular weight excluding hydrogens is 318 g/mol. The number of hydrogen-bond acceptors (Lipinski definition) is 5. The number of hydrogen-bond donors (Lipinski definition) is 0. The molecule has 0 fully saturated rings. The zero-order valence-corrected chi connectivity index (χ0v) is 12.9. The average molecular weight is 330 g/mol. The molecule has 1 aromatic carbocycles. The van der Waals surface area contributed by atoms with E-state index in [1.54, 1.807) is 47.0 Å². The number of aromatic nitrogens is 3. The van der Waals surface area contributed by atoms with Crippen molar-refractivity contribution in [2.24, 2.45) is 0 Å². The molecule has 3 rings (SSSR count). The van der Waals surface area contributed by atoms with Gasteiger partial charge in [0.15, 0.2) is 11.8 Å². The molecule has 23 heavy (non-hydrogen) atoms. The Bertz CT molecular complexity index is 874. The lowest BCUT2D eigenvalue weighted by Crippen LogP contribution is -2.24. The van der Waals surface area contributed by atoms with Gasteiger partial charge in [-0.1, -0.05) is 11.6 Å². The molecule has 6 nitrogen and oxygen atoms in total. The van der Waals surface area contributed by atoms with Crippen LogP contribution >= 0.6 is 11.6 Å². The summed E-state index contributed by atoms with van der Waals surface area (Å²) in [7, 11) is 0. The minimum Gasteiger partial charge on any atom is -0.451 e. The molecule has 0 aliphatic heterocycles. The second kappa shape index (κ2) is 6.18. The van der Waals surface area contributed by atoms with Gasteiger partial charge in [0.05, 0.1) is 5.56 Å². The number of fused-ring (bicyclic) bond motifs is 1. The largest absolute Gasteiger partial charge is 0.451 e. The highest BCUT2D eigenvalue weighted by molar-refractivity contribution is 6.30. The number of benzene rings is 1. The van der Waals surface area contributed by atoms with E-state index in [9.17, 15) is 9.59 Å². The summed E-state index contributed by atoms with van der Waals surface area (Å²) in [6.45, 7) is 1.53. The number of rotatable bonds is 4. The van der Waals surface area contributed by atoms with Crippen LogP contribution in [0.25, 0.3) is 5.65 Å². The van der Waals surface area contributed by atoms with E-state index in [1.807, 2.05) is 0 Å². The van der Waals surface area contributed by atoms with Crippen molar-refractivity contribution in [1.82, 2.24) is 14.6 Å². The number of pyridine rings is 1. The van der Waals surface area contributed by atoms with Gasteiger partial charge >= 0.3 is 5.97 Å². The highest BCUT2D eigenvalue weighted by atomic mass is 35.5. The molecule has 2 heterocycles. The lowest BCUT2D eigenvalue weighted by atomic mass is 10.1. The van der Waals surface area contributed by atoms with Crippen LogP contribution in [0.1, 0.15) is 27.6 Å². The normalized spacial score (nSPS) is 12.1. The van der Waals surface area contributed by atoms with Gasteiger partial charge in [0.2, 0.25) is 5.78 Å². The first-order valence-corrected chi connectivity index (χ1v) is 7.22. The Kier molecular flexibility index (Phi) is 4.08. The molecule has 7 heteroatoms. The van der Waals surface area contributed by atoms with E-state index in [-0.39, 0.29) is 5.78 Å². The average Bonchev–Trinajstić information content (AvgIpc) is 3.02. The predicted molar refractivity (Wildman–Crippen MR) is 83.6 cm³/mol. The van der Waals surface area contributed by atoms with E-state index < -0.39 is 12.1 Å². The quantitative estimate of drug-likeness (QED) is 0.543. The van der Waals surface area contributed by atoms with E-state index in [0.717, 1.165) is 0 Å². The molecule has 116 valence electrons. The van der Waals surface area contributed by atoms with E-state index in [0.29, 0.717) is 21.8 Å². The monoisotopic (exact) mass is 329 g/mol. The molecule has 0 saturated heterocycles. The molecule has 0 aliphatic carbocycles. The molecule has 0 bridgehead atoms. The standard InChI is InChI=1S/C16H12ClN3O3/c1-10(15(21)11-2-5-13(17)6-3-11)23-16(22)12-4-7-14-19-18-9-20(14)8-12/h2-10H,1H3/t10-/m0/s1. The zero-order valence-electron chi connectivity index (χ0n) is 12.1. The topological polar surface area (TPSA) is 73.6 Å². The summed E-state index contributed by atoms with van der Waals surface area (Å²) in [6.07, 6.45) is 2.13. The van der Waals surface area contributed by atoms with Crippen molar-refractivity contribution >= 4 is 29.0 Å². The number of carbonyl (C=O) groups is 2. The Morgan fingerprint density at radius 1 is 1.13 bits per heavy atom. The van der Waals surface area contributed by atoms with Crippen LogP contribution in [0.3, 0.4) is 0 Å². The molecule has 2 aromatic heterocycles. The van der Waals surface area contributed by atoms with Gasteiger partial charge in [-0.15, -0.1) is 10.2 Å². The second-order valence-electron chi connectivity index (χ2n) is 4.93. The fraction of sp³-hybridized carbons (Fsp3) is 0.125. The number of carbonyl (C=O) groups excluding carboxylic acids is 2. The fourth-order valence-electron chi connectivity index (χ4n) is 2.08. The van der Waals surface area contributed by atoms with Crippen LogP contribution in [0.5, 0.6) is 0 Å². The number of Topliss-reactive ketones (excluding diaryl/α,β-unsaturated/α-hetero) is 1. The van der Waals surface area contributed by atoms with Gasteiger partial charge in [0, 0.05) is 16.8 Å². The Hall–Kier alpha value is -2.73. The van der Waals surface area contributed by atoms with Crippen LogP contribution in [0.15, 0.2) is 48.9 Å². The number of ketones is 1. The third kappa shape index (κ3) is 3.22. The zero-order chi connectivity index (χ0) is 16.4. The fourth-order valence-corrected chi connectivity index (χ4v) is 2.21. The lowest BCUT2D eigenvalue weighted by molar-refractivity contribution is 0.0318. The molecule has 0 spiro atoms. The first-order chi connectivity index (χ1) is 11.0. The van der Waals surface area contributed by atoms with Gasteiger partial charge in [0.1, 0.15) is 6.33 Å². The van der Waals surface area contributed by atoms with Crippen LogP contribution in [0.4, 0.5) is 0 Å². The summed E-state index contributed by atoms with van der Waals surface area (Å²) < 4.78 is 6.83. The van der Waals surface area contributed by atoms with Crippen LogP contribution in [-0.2, 0) is 4.74 Å². The Balaban J connectivity index is 1.73. The summed E-state index contributed by atoms with van der Waals surface area (Å²) >= 11 is 5.79. The molecule has 3 aromatic rings. The van der Waals surface area contributed by atoms with Crippen molar-refractivity contribution in [3.05, 3.63) is 65.1 Å². The van der Waals surface area contributed by atoms with Gasteiger partial charge in [-0.25, -0.2) is 4.79 Å². The van der Waals surface area contributed by atoms with Gasteiger partial charge in [-0.3, -0.25) is 9.20 Å². The SMILES string of the molecule is C[C@H](OC(=O)c1ccc2nncn2c1)C(=O)c1ccc(Cl)cc1. The smallest absolute Gasteiger partial charge is 0.340 e. The number of halogens is 1. The molecule has 1 atom stereocenters. The van der Waals surface area contributed by atoms with Crippen LogP contribution in [0.2, 0.25) is 5.02 Å². The predicted octanol–water partition coefficient (Wildman–Crippen LogP) is 2.81. The van der Waals surface area contributed by atoms with Gasteiger partial charge in [-0.05, 0) is 43.3 Å². The first-order valence-electron chi connectivity index (χ1n) is 6.85. The van der Waals surface area contributed by atoms with Crippen LogP contribution < -0.4 is 0 Å². The van der Waals surface area contributed by atoms with Gasteiger partial charge in [-0.2, -0.15) is 0 Å². The Labute approximate surface area is 136 Å². The maximum absolute atomic E-state index is 12.2. The molecule has 0 saturated carbocycles. The van der Waals surface area contributed by atoms with Gasteiger partial charge < -0.3 is 4.74 Å². The van der Waals surface area contributed by atoms with Crippen molar-refractivity contribution in [2.75, 3.05) is 0 Å². The highest BCUT2D eigenvalue weighted by Gasteiger charge is 2.20. The first kappa shape index (κ1) is 15.2. The lowest BCUT2D eigenvalue weighted by Gasteiger charge is -2.12. The number of esters is 1. The number of nitrogens with zero attached hydrogens (tertiary/aromatic N) is 3. The van der Waals surface area contributed by atoms with Crippen molar-refractivity contribution in [3.8, 4) is 0 Å². The summed E-state index contributed by atoms with van der Waals surface area (Å²) in [5.41, 5.74) is 1.36. The number of ether oxygens (including phenoxy) is 1. The minimum atomic E-state index is -0.903. The summed E-state index contributed by atoms with van der Waals surface area (Å²) in [4.78, 5) is 24.4. The van der Waals surface area contributed by atoms with Crippen LogP contribution in [0, 0.1) is 0 Å². The molecule has 0 radical (unpaired) electrons. The van der Waals surface area contributed by atoms with E-state index in [2.05, 4.69) is 10.2 Å². The molecular formula is C16H12ClN3O3. The van der Waals surface area contributed by atoms with Crippen molar-refractivity contribution in [1.29, 1.82) is 0 Å². The van der Waals surface area contributed by atoms with E-state index >= 15 is 0 Å². The van der Waals surface area contributed by atoms with Crippen LogP contribution in [-0.4, -0.2) is 32.5 Å². The molecule has 0 N–H and O–H groups in total. The van der Waals surface area contributed by atoms with E-state index in [4.69, 9.17) is 16.3 Å². The third-order valence-electron chi connectivity index (χ3n) is 3.31. The summed E-state index contributed by atoms with van der Waals surface area (Å²) in [5.74, 6) is -0.879. The van der Waals surface area contributed by atoms with Crippen molar-refractivity contribution in [2.45, 2.75) is 13.0 Å². The maximum atomic E-state index is 12.2. The minimum absolute atomic E-state index is 0.291. The molecule has 0 aliphatic rings. The second-order valence-corrected chi connectivity index (χ2v) is 5.37. The summed E-state index contributed by atoms with van der Waals surface area (Å²) in [6, 6.07) is 9.64.